The van der Waals surface area contributed by atoms with Crippen LogP contribution in [0.5, 0.6) is 0 Å². The first kappa shape index (κ1) is 28.7. The number of fused-ring (bicyclic) bond motifs is 5. The van der Waals surface area contributed by atoms with E-state index in [0.717, 1.165) is 70.8 Å². The van der Waals surface area contributed by atoms with Gasteiger partial charge in [0.15, 0.2) is 0 Å². The highest BCUT2D eigenvalue weighted by Gasteiger charge is 2.67. The van der Waals surface area contributed by atoms with Crippen molar-refractivity contribution in [3.63, 3.8) is 0 Å². The summed E-state index contributed by atoms with van der Waals surface area (Å²) < 4.78 is 6.52. The lowest BCUT2D eigenvalue weighted by molar-refractivity contribution is -0.220. The third-order valence-corrected chi connectivity index (χ3v) is 10.9. The number of hydrogen-bond acceptors (Lipinski definition) is 7. The van der Waals surface area contributed by atoms with Crippen molar-refractivity contribution >= 4 is 12.2 Å². The van der Waals surface area contributed by atoms with E-state index in [1.54, 1.807) is 0 Å². The first-order valence-electron chi connectivity index (χ1n) is 14.5. The summed E-state index contributed by atoms with van der Waals surface area (Å²) in [6.07, 6.45) is 10.7. The molecule has 0 aromatic carbocycles. The van der Waals surface area contributed by atoms with E-state index in [1.807, 2.05) is 20.3 Å². The number of guanidine groups is 1. The number of ether oxygens (including phenoxy) is 1. The van der Waals surface area contributed by atoms with Crippen LogP contribution in [0.25, 0.3) is 0 Å². The molecular formula is C28H52N6O3. The molecule has 9 nitrogen and oxygen atoms in total. The van der Waals surface area contributed by atoms with Crippen molar-refractivity contribution in [1.82, 2.24) is 10.3 Å². The first-order chi connectivity index (χ1) is 17.5. The molecule has 0 aromatic rings. The predicted octanol–water partition coefficient (Wildman–Crippen LogP) is 2.06. The fourth-order valence-corrected chi connectivity index (χ4v) is 8.46. The van der Waals surface area contributed by atoms with E-state index in [4.69, 9.17) is 16.2 Å². The number of rotatable bonds is 9. The molecule has 0 bridgehead atoms. The fourth-order valence-electron chi connectivity index (χ4n) is 8.46. The van der Waals surface area contributed by atoms with E-state index in [1.165, 1.54) is 0 Å². The lowest BCUT2D eigenvalue weighted by atomic mass is 9.43. The van der Waals surface area contributed by atoms with Gasteiger partial charge in [-0.05, 0) is 108 Å². The van der Waals surface area contributed by atoms with Gasteiger partial charge in [0.2, 0.25) is 5.96 Å². The Morgan fingerprint density at radius 3 is 2.62 bits per heavy atom. The monoisotopic (exact) mass is 520 g/mol. The molecule has 0 radical (unpaired) electrons. The van der Waals surface area contributed by atoms with Gasteiger partial charge in [0, 0.05) is 18.6 Å². The highest BCUT2D eigenvalue weighted by atomic mass is 16.5. The second-order valence-corrected chi connectivity index (χ2v) is 13.1. The number of nitrogens with two attached hydrogens (primary N) is 2. The largest absolute Gasteiger partial charge is 0.392 e. The minimum Gasteiger partial charge on any atom is -0.392 e. The number of hydrogen-bond donors (Lipinski definition) is 5. The molecule has 0 amide bonds. The van der Waals surface area contributed by atoms with Crippen LogP contribution in [0.4, 0.5) is 0 Å². The Balaban J connectivity index is 1.48. The van der Waals surface area contributed by atoms with Gasteiger partial charge in [-0.2, -0.15) is 5.10 Å². The molecule has 4 saturated carbocycles. The third-order valence-electron chi connectivity index (χ3n) is 10.9. The zero-order chi connectivity index (χ0) is 26.9. The van der Waals surface area contributed by atoms with Crippen molar-refractivity contribution in [2.45, 2.75) is 95.4 Å². The summed E-state index contributed by atoms with van der Waals surface area (Å²) in [5.41, 5.74) is 13.3. The summed E-state index contributed by atoms with van der Waals surface area (Å²) in [7, 11) is 4.01. The van der Waals surface area contributed by atoms with E-state index < -0.39 is 11.2 Å². The molecule has 0 spiro atoms. The first-order valence-corrected chi connectivity index (χ1v) is 14.5. The van der Waals surface area contributed by atoms with Gasteiger partial charge in [-0.3, -0.25) is 4.99 Å². The Labute approximate surface area is 223 Å². The molecule has 7 N–H and O–H groups in total. The lowest BCUT2D eigenvalue weighted by Crippen LogP contribution is -2.63. The molecule has 0 aliphatic heterocycles. The lowest BCUT2D eigenvalue weighted by Gasteiger charge is -2.64. The Morgan fingerprint density at radius 1 is 1.11 bits per heavy atom. The molecule has 0 heterocycles. The van der Waals surface area contributed by atoms with Crippen LogP contribution in [-0.2, 0) is 4.74 Å². The summed E-state index contributed by atoms with van der Waals surface area (Å²) in [5.74, 6) is 1.56. The van der Waals surface area contributed by atoms with Crippen molar-refractivity contribution in [3.8, 4) is 0 Å². The molecule has 37 heavy (non-hydrogen) atoms. The number of nitrogens with one attached hydrogen (secondary N) is 1. The van der Waals surface area contributed by atoms with Gasteiger partial charge in [-0.15, -0.1) is 0 Å². The molecule has 0 aromatic heterocycles. The molecule has 0 saturated heterocycles. The number of hydrazone groups is 1. The van der Waals surface area contributed by atoms with Crippen LogP contribution in [0.2, 0.25) is 0 Å². The van der Waals surface area contributed by atoms with Crippen molar-refractivity contribution < 1.29 is 14.9 Å². The van der Waals surface area contributed by atoms with Crippen molar-refractivity contribution in [3.05, 3.63) is 0 Å². The van der Waals surface area contributed by atoms with Gasteiger partial charge in [0.05, 0.1) is 24.5 Å². The summed E-state index contributed by atoms with van der Waals surface area (Å²) in [5, 5.41) is 27.3. The maximum absolute atomic E-state index is 12.0. The topological polar surface area (TPSA) is 142 Å². The van der Waals surface area contributed by atoms with Crippen molar-refractivity contribution in [2.24, 2.45) is 50.1 Å². The molecule has 4 fully saturated rings. The Hall–Kier alpha value is -1.26. The highest BCUT2D eigenvalue weighted by Crippen LogP contribution is 2.68. The van der Waals surface area contributed by atoms with Crippen LogP contribution in [0.15, 0.2) is 10.1 Å². The van der Waals surface area contributed by atoms with E-state index in [9.17, 15) is 10.2 Å². The van der Waals surface area contributed by atoms with E-state index >= 15 is 0 Å². The van der Waals surface area contributed by atoms with E-state index in [-0.39, 0.29) is 22.9 Å². The molecule has 4 aliphatic carbocycles. The Bertz CT molecular complexity index is 854. The van der Waals surface area contributed by atoms with Gasteiger partial charge in [-0.1, -0.05) is 13.8 Å². The zero-order valence-electron chi connectivity index (χ0n) is 23.6. The molecule has 3 unspecified atom stereocenters. The standard InChI is InChI=1S/C28H52N6O3/c1-25-12-13-27(37-17-5-14-29,19-32-33-24(30)31-15-16-34(3)4)18-20(25)6-7-22-21(25)8-10-26(2)23(35)9-11-28(22,26)36/h19-23,35-36H,5-18,29H2,1-4H3,(H3,30,31,33)/t20?,21-,22-,23?,25+,26-,27?,28-/m1/s1. The second-order valence-electron chi connectivity index (χ2n) is 13.1. The van der Waals surface area contributed by atoms with Crippen LogP contribution in [-0.4, -0.2) is 84.9 Å². The summed E-state index contributed by atoms with van der Waals surface area (Å²) in [4.78, 5) is 6.40. The summed E-state index contributed by atoms with van der Waals surface area (Å²) in [6.45, 7) is 7.25. The van der Waals surface area contributed by atoms with Crippen LogP contribution in [0.3, 0.4) is 0 Å². The smallest absolute Gasteiger partial charge is 0.209 e. The summed E-state index contributed by atoms with van der Waals surface area (Å²) in [6, 6.07) is 0. The van der Waals surface area contributed by atoms with Gasteiger partial charge >= 0.3 is 0 Å². The fraction of sp³-hybridized carbons (Fsp3) is 0.929. The second kappa shape index (κ2) is 11.1. The number of aliphatic imine (C=N–C) groups is 1. The normalized spacial score (nSPS) is 44.1. The number of likely N-dealkylation sites (N-methyl/N-ethyl adjacent to an activating group) is 1. The molecule has 4 rings (SSSR count). The average Bonchev–Trinajstić information content (AvgIpc) is 3.09. The quantitative estimate of drug-likeness (QED) is 0.136. The van der Waals surface area contributed by atoms with Gasteiger partial charge in [0.25, 0.3) is 0 Å². The molecular weight excluding hydrogens is 468 g/mol. The molecule has 8 atom stereocenters. The van der Waals surface area contributed by atoms with Crippen LogP contribution in [0.1, 0.15) is 78.1 Å². The van der Waals surface area contributed by atoms with Crippen molar-refractivity contribution in [1.29, 1.82) is 0 Å². The van der Waals surface area contributed by atoms with E-state index in [2.05, 4.69) is 34.3 Å². The minimum absolute atomic E-state index is 0.155. The minimum atomic E-state index is -0.746. The summed E-state index contributed by atoms with van der Waals surface area (Å²) >= 11 is 0. The highest BCUT2D eigenvalue weighted by molar-refractivity contribution is 5.79. The average molecular weight is 521 g/mol. The van der Waals surface area contributed by atoms with Crippen LogP contribution in [0, 0.1) is 28.6 Å². The zero-order valence-corrected chi connectivity index (χ0v) is 23.6. The maximum atomic E-state index is 12.0. The third kappa shape index (κ3) is 5.31. The van der Waals surface area contributed by atoms with Crippen LogP contribution >= 0.6 is 0 Å². The molecule has 212 valence electrons. The van der Waals surface area contributed by atoms with Gasteiger partial charge < -0.3 is 31.3 Å². The Kier molecular flexibility index (Phi) is 8.61. The number of nitrogens with zero attached hydrogens (tertiary/aromatic N) is 3. The predicted molar refractivity (Wildman–Crippen MR) is 148 cm³/mol. The SMILES string of the molecule is CN(C)CCN=C(N)NN=CC1(OCCCN)CC[C@@]2(C)C(CC[C@@H]3[C@H]2CC[C@]2(C)C(O)CC[C@@]32O)C1. The number of aliphatic hydroxyl groups is 2. The van der Waals surface area contributed by atoms with Crippen LogP contribution < -0.4 is 16.9 Å². The van der Waals surface area contributed by atoms with E-state index in [0.29, 0.717) is 37.5 Å². The maximum Gasteiger partial charge on any atom is 0.209 e. The Morgan fingerprint density at radius 2 is 1.89 bits per heavy atom. The van der Waals surface area contributed by atoms with Crippen molar-refractivity contribution in [2.75, 3.05) is 40.3 Å². The molecule has 9 heteroatoms. The number of aliphatic hydroxyl groups excluding tert-OH is 1. The van der Waals surface area contributed by atoms with Gasteiger partial charge in [0.1, 0.15) is 5.60 Å². The molecule has 4 aliphatic rings. The van der Waals surface area contributed by atoms with Gasteiger partial charge in [-0.25, -0.2) is 5.43 Å².